The lowest BCUT2D eigenvalue weighted by atomic mass is 9.51. The van der Waals surface area contributed by atoms with Gasteiger partial charge in [-0.3, -0.25) is 4.99 Å². The van der Waals surface area contributed by atoms with Gasteiger partial charge >= 0.3 is 0 Å². The molecule has 1 aromatic rings. The Hall–Kier alpha value is -0.820. The van der Waals surface area contributed by atoms with E-state index in [4.69, 9.17) is 4.74 Å². The molecule has 2 aliphatic carbocycles. The molecule has 0 radical (unpaired) electrons. The lowest BCUT2D eigenvalue weighted by Crippen LogP contribution is -2.68. The molecule has 2 N–H and O–H groups in total. The van der Waals surface area contributed by atoms with Crippen molar-refractivity contribution in [3.05, 3.63) is 35.4 Å². The van der Waals surface area contributed by atoms with E-state index in [0.29, 0.717) is 17.6 Å². The Morgan fingerprint density at radius 1 is 1.33 bits per heavy atom. The summed E-state index contributed by atoms with van der Waals surface area (Å²) in [5.41, 5.74) is 2.98. The molecule has 0 aliphatic heterocycles. The summed E-state index contributed by atoms with van der Waals surface area (Å²) < 4.78 is 5.93. The fourth-order valence-corrected chi connectivity index (χ4v) is 3.99. The maximum Gasteiger partial charge on any atom is 0.191 e. The Morgan fingerprint density at radius 2 is 2.08 bits per heavy atom. The van der Waals surface area contributed by atoms with Crippen molar-refractivity contribution < 1.29 is 4.74 Å². The molecule has 0 saturated heterocycles. The van der Waals surface area contributed by atoms with Crippen LogP contribution in [0.5, 0.6) is 0 Å². The molecule has 0 heterocycles. The minimum atomic E-state index is 0. The molecule has 0 bridgehead atoms. The van der Waals surface area contributed by atoms with Gasteiger partial charge in [-0.25, -0.2) is 0 Å². The van der Waals surface area contributed by atoms with Crippen LogP contribution in [0.25, 0.3) is 0 Å². The number of halogens is 1. The summed E-state index contributed by atoms with van der Waals surface area (Å²) in [7, 11) is 1.85. The molecule has 0 amide bonds. The summed E-state index contributed by atoms with van der Waals surface area (Å²) in [4.78, 5) is 4.40. The number of nitrogens with zero attached hydrogens (tertiary/aromatic N) is 1. The van der Waals surface area contributed by atoms with E-state index in [2.05, 4.69) is 53.7 Å². The lowest BCUT2D eigenvalue weighted by molar-refractivity contribution is -0.168. The number of aryl methyl sites for hydroxylation is 1. The van der Waals surface area contributed by atoms with Crippen molar-refractivity contribution in [2.45, 2.75) is 58.2 Å². The molecule has 2 atom stereocenters. The summed E-state index contributed by atoms with van der Waals surface area (Å²) in [5.74, 6) is 0.902. The zero-order valence-corrected chi connectivity index (χ0v) is 17.3. The third kappa shape index (κ3) is 3.72. The van der Waals surface area contributed by atoms with E-state index < -0.39 is 0 Å². The topological polar surface area (TPSA) is 45.6 Å². The van der Waals surface area contributed by atoms with Crippen molar-refractivity contribution >= 4 is 29.9 Å². The summed E-state index contributed by atoms with van der Waals surface area (Å²) >= 11 is 0. The van der Waals surface area contributed by atoms with E-state index in [1.165, 1.54) is 30.4 Å². The number of guanidine groups is 1. The van der Waals surface area contributed by atoms with E-state index in [0.717, 1.165) is 25.5 Å². The van der Waals surface area contributed by atoms with E-state index in [-0.39, 0.29) is 24.0 Å². The van der Waals surface area contributed by atoms with Crippen LogP contribution < -0.4 is 10.6 Å². The van der Waals surface area contributed by atoms with Gasteiger partial charge in [-0.05, 0) is 44.2 Å². The van der Waals surface area contributed by atoms with Crippen molar-refractivity contribution in [3.8, 4) is 0 Å². The number of hydrogen-bond donors (Lipinski definition) is 2. The smallest absolute Gasteiger partial charge is 0.191 e. The number of ether oxygens (including phenoxy) is 1. The Balaban J connectivity index is 0.00000208. The first kappa shape index (κ1) is 19.5. The van der Waals surface area contributed by atoms with Crippen LogP contribution in [-0.4, -0.2) is 31.8 Å². The lowest BCUT2D eigenvalue weighted by Gasteiger charge is -2.61. The van der Waals surface area contributed by atoms with Crippen molar-refractivity contribution in [2.75, 3.05) is 13.7 Å². The number of nitrogens with one attached hydrogen (secondary N) is 2. The molecule has 2 aliphatic rings. The molecule has 5 heteroatoms. The predicted molar refractivity (Wildman–Crippen MR) is 110 cm³/mol. The summed E-state index contributed by atoms with van der Waals surface area (Å²) in [6.45, 7) is 5.87. The third-order valence-electron chi connectivity index (χ3n) is 5.68. The molecule has 2 saturated carbocycles. The van der Waals surface area contributed by atoms with E-state index in [1.807, 2.05) is 7.05 Å². The monoisotopic (exact) mass is 443 g/mol. The van der Waals surface area contributed by atoms with E-state index in [9.17, 15) is 0 Å². The minimum absolute atomic E-state index is 0. The molecule has 0 aromatic heterocycles. The maximum absolute atomic E-state index is 5.93. The first-order chi connectivity index (χ1) is 11.2. The highest BCUT2D eigenvalue weighted by Gasteiger charge is 2.59. The molecular weight excluding hydrogens is 413 g/mol. The van der Waals surface area contributed by atoms with E-state index in [1.54, 1.807) is 0 Å². The van der Waals surface area contributed by atoms with Crippen LogP contribution in [0.15, 0.2) is 29.3 Å². The molecule has 3 rings (SSSR count). The molecule has 2 fully saturated rings. The fraction of sp³-hybridized carbons (Fsp3) is 0.632. The molecule has 134 valence electrons. The average molecular weight is 443 g/mol. The molecule has 24 heavy (non-hydrogen) atoms. The van der Waals surface area contributed by atoms with Crippen LogP contribution in [-0.2, 0) is 11.3 Å². The van der Waals surface area contributed by atoms with Crippen molar-refractivity contribution in [1.82, 2.24) is 10.6 Å². The van der Waals surface area contributed by atoms with Crippen LogP contribution in [0.2, 0.25) is 0 Å². The van der Waals surface area contributed by atoms with E-state index >= 15 is 0 Å². The fourth-order valence-electron chi connectivity index (χ4n) is 3.99. The Bertz CT molecular complexity index is 571. The summed E-state index contributed by atoms with van der Waals surface area (Å²) in [5, 5.41) is 7.09. The van der Waals surface area contributed by atoms with Crippen molar-refractivity contribution in [1.29, 1.82) is 0 Å². The van der Waals surface area contributed by atoms with Crippen LogP contribution in [0.4, 0.5) is 0 Å². The van der Waals surface area contributed by atoms with Gasteiger partial charge in [0, 0.05) is 31.7 Å². The highest BCUT2D eigenvalue weighted by molar-refractivity contribution is 14.0. The first-order valence-electron chi connectivity index (χ1n) is 8.83. The maximum atomic E-state index is 5.93. The van der Waals surface area contributed by atoms with Crippen molar-refractivity contribution in [3.63, 3.8) is 0 Å². The summed E-state index contributed by atoms with van der Waals surface area (Å²) in [6, 6.07) is 8.97. The van der Waals surface area contributed by atoms with Crippen LogP contribution in [0, 0.1) is 12.3 Å². The van der Waals surface area contributed by atoms with Gasteiger partial charge in [0.05, 0.1) is 6.10 Å². The second-order valence-electron chi connectivity index (χ2n) is 6.82. The van der Waals surface area contributed by atoms with Crippen LogP contribution in [0.1, 0.15) is 43.7 Å². The van der Waals surface area contributed by atoms with Crippen LogP contribution in [0.3, 0.4) is 0 Å². The standard InChI is InChI=1S/C19H29N3O.HI/c1-4-23-17-12-16(19(17)10-7-11-19)22-18(20-3)21-13-15-9-6-5-8-14(15)2;/h5-6,8-9,16-17H,4,7,10-13H2,1-3H3,(H2,20,21,22);1H. The number of hydrogen-bond acceptors (Lipinski definition) is 2. The highest BCUT2D eigenvalue weighted by atomic mass is 127. The summed E-state index contributed by atoms with van der Waals surface area (Å²) in [6.07, 6.45) is 5.43. The second kappa shape index (κ2) is 8.52. The Kier molecular flexibility index (Phi) is 6.92. The normalized spacial score (nSPS) is 24.5. The number of aliphatic imine (C=N–C) groups is 1. The SMILES string of the molecule is CCOC1CC(NC(=NC)NCc2ccccc2C)C12CCC2.I. The molecule has 1 spiro atoms. The molecule has 2 unspecified atom stereocenters. The van der Waals surface area contributed by atoms with Crippen molar-refractivity contribution in [2.24, 2.45) is 10.4 Å². The molecule has 1 aromatic carbocycles. The average Bonchev–Trinajstić information content (AvgIpc) is 2.49. The zero-order valence-electron chi connectivity index (χ0n) is 15.0. The van der Waals surface area contributed by atoms with Gasteiger partial charge in [-0.1, -0.05) is 30.7 Å². The first-order valence-corrected chi connectivity index (χ1v) is 8.83. The Morgan fingerprint density at radius 3 is 2.67 bits per heavy atom. The van der Waals surface area contributed by atoms with Gasteiger partial charge in [0.25, 0.3) is 0 Å². The van der Waals surface area contributed by atoms with Gasteiger partial charge in [0.15, 0.2) is 5.96 Å². The van der Waals surface area contributed by atoms with Gasteiger partial charge in [-0.15, -0.1) is 24.0 Å². The van der Waals surface area contributed by atoms with Crippen LogP contribution >= 0.6 is 24.0 Å². The van der Waals surface area contributed by atoms with Gasteiger partial charge < -0.3 is 15.4 Å². The highest BCUT2D eigenvalue weighted by Crippen LogP contribution is 2.57. The second-order valence-corrected chi connectivity index (χ2v) is 6.82. The van der Waals surface area contributed by atoms with Gasteiger partial charge in [0.1, 0.15) is 0 Å². The zero-order chi connectivity index (χ0) is 16.3. The number of rotatable bonds is 5. The van der Waals surface area contributed by atoms with Gasteiger partial charge in [-0.2, -0.15) is 0 Å². The number of benzene rings is 1. The predicted octanol–water partition coefficient (Wildman–Crippen LogP) is 3.63. The third-order valence-corrected chi connectivity index (χ3v) is 5.68. The Labute approximate surface area is 162 Å². The van der Waals surface area contributed by atoms with Gasteiger partial charge in [0.2, 0.25) is 0 Å². The largest absolute Gasteiger partial charge is 0.378 e. The molecule has 4 nitrogen and oxygen atoms in total. The quantitative estimate of drug-likeness (QED) is 0.415. The minimum Gasteiger partial charge on any atom is -0.378 e. The molecular formula is C19H30IN3O.